The molecule has 0 aliphatic heterocycles. The number of nitrogens with zero attached hydrogens (tertiary/aromatic N) is 2. The largest absolute Gasteiger partial charge is 0.304 e. The zero-order valence-electron chi connectivity index (χ0n) is 12.3. The van der Waals surface area contributed by atoms with Crippen LogP contribution in [0.25, 0.3) is 0 Å². The highest BCUT2D eigenvalue weighted by Gasteiger charge is 2.14. The fourth-order valence-corrected chi connectivity index (χ4v) is 2.95. The van der Waals surface area contributed by atoms with Gasteiger partial charge in [0.1, 0.15) is 5.02 Å². The molecule has 0 spiro atoms. The molecule has 1 heterocycles. The lowest BCUT2D eigenvalue weighted by Gasteiger charge is -2.05. The van der Waals surface area contributed by atoms with Crippen molar-refractivity contribution in [3.63, 3.8) is 0 Å². The summed E-state index contributed by atoms with van der Waals surface area (Å²) in [7, 11) is 0. The second-order valence-corrected chi connectivity index (χ2v) is 6.78. The molecule has 0 fully saturated rings. The minimum Gasteiger partial charge on any atom is -0.304 e. The van der Waals surface area contributed by atoms with Crippen LogP contribution in [0, 0.1) is 0 Å². The Hall–Kier alpha value is -1.82. The van der Waals surface area contributed by atoms with Crippen LogP contribution in [0.5, 0.6) is 0 Å². The van der Waals surface area contributed by atoms with E-state index in [-0.39, 0.29) is 5.91 Å². The lowest BCUT2D eigenvalue weighted by atomic mass is 10.2. The number of anilines is 1. The summed E-state index contributed by atoms with van der Waals surface area (Å²) in [5, 5.41) is 8.11. The molecule has 0 radical (unpaired) electrons. The van der Waals surface area contributed by atoms with E-state index in [4.69, 9.17) is 23.2 Å². The molecule has 7 heteroatoms. The Morgan fingerprint density at radius 2 is 1.83 bits per heavy atom. The molecule has 0 bridgehead atoms. The summed E-state index contributed by atoms with van der Waals surface area (Å²) in [6.45, 7) is 0.530. The number of benzene rings is 2. The second-order valence-electron chi connectivity index (χ2n) is 5.08. The van der Waals surface area contributed by atoms with Crippen molar-refractivity contribution in [3.8, 4) is 0 Å². The lowest BCUT2D eigenvalue weighted by molar-refractivity contribution is 0.102. The van der Waals surface area contributed by atoms with E-state index in [0.717, 1.165) is 5.56 Å². The highest BCUT2D eigenvalue weighted by atomic mass is 79.9. The van der Waals surface area contributed by atoms with Gasteiger partial charge in [0, 0.05) is 15.7 Å². The van der Waals surface area contributed by atoms with Gasteiger partial charge in [0.25, 0.3) is 5.91 Å². The fourth-order valence-electron chi connectivity index (χ4n) is 2.16. The first-order valence-corrected chi connectivity index (χ1v) is 8.61. The molecule has 3 rings (SSSR count). The second kappa shape index (κ2) is 7.38. The van der Waals surface area contributed by atoms with Crippen LogP contribution in [0.4, 0.5) is 5.82 Å². The number of hydrogen-bond donors (Lipinski definition) is 1. The molecule has 1 amide bonds. The van der Waals surface area contributed by atoms with Crippen molar-refractivity contribution < 1.29 is 4.79 Å². The summed E-state index contributed by atoms with van der Waals surface area (Å²) in [5.74, 6) is 0.0486. The van der Waals surface area contributed by atoms with Crippen molar-refractivity contribution in [1.82, 2.24) is 9.78 Å². The summed E-state index contributed by atoms with van der Waals surface area (Å²) >= 11 is 15.4. The molecule has 3 aromatic rings. The molecular weight excluding hydrogens is 413 g/mol. The van der Waals surface area contributed by atoms with E-state index >= 15 is 0 Å². The van der Waals surface area contributed by atoms with Crippen LogP contribution in [0.3, 0.4) is 0 Å². The first kappa shape index (κ1) is 17.0. The molecule has 24 heavy (non-hydrogen) atoms. The first-order valence-electron chi connectivity index (χ1n) is 7.06. The topological polar surface area (TPSA) is 46.9 Å². The maximum Gasteiger partial charge on any atom is 0.258 e. The monoisotopic (exact) mass is 423 g/mol. The molecule has 1 aromatic heterocycles. The average molecular weight is 425 g/mol. The quantitative estimate of drug-likeness (QED) is 0.621. The van der Waals surface area contributed by atoms with Gasteiger partial charge in [-0.25, -0.2) is 0 Å². The van der Waals surface area contributed by atoms with Crippen LogP contribution in [-0.2, 0) is 6.54 Å². The van der Waals surface area contributed by atoms with Crippen molar-refractivity contribution in [1.29, 1.82) is 0 Å². The molecule has 0 unspecified atom stereocenters. The molecule has 0 aliphatic rings. The number of amides is 1. The van der Waals surface area contributed by atoms with Crippen LogP contribution < -0.4 is 5.32 Å². The van der Waals surface area contributed by atoms with Gasteiger partial charge in [0.05, 0.1) is 12.1 Å². The Morgan fingerprint density at radius 1 is 1.12 bits per heavy atom. The molecule has 1 N–H and O–H groups in total. The Balaban J connectivity index is 1.75. The molecule has 0 saturated heterocycles. The molecule has 0 aliphatic carbocycles. The SMILES string of the molecule is O=C(Nc1nn(Cc2ccc(Cl)cc2)cc1Cl)c1ccccc1Br. The van der Waals surface area contributed by atoms with Crippen LogP contribution >= 0.6 is 39.1 Å². The number of halogens is 3. The molecular formula is C17H12BrCl2N3O. The van der Waals surface area contributed by atoms with Crippen molar-refractivity contribution in [2.24, 2.45) is 0 Å². The van der Waals surface area contributed by atoms with E-state index in [2.05, 4.69) is 26.3 Å². The van der Waals surface area contributed by atoms with E-state index in [1.165, 1.54) is 0 Å². The smallest absolute Gasteiger partial charge is 0.258 e. The summed E-state index contributed by atoms with van der Waals surface area (Å²) in [6.07, 6.45) is 1.67. The number of rotatable bonds is 4. The molecule has 122 valence electrons. The van der Waals surface area contributed by atoms with Gasteiger partial charge in [-0.1, -0.05) is 47.5 Å². The molecule has 0 saturated carbocycles. The predicted octanol–water partition coefficient (Wildman–Crippen LogP) is 5.25. The normalized spacial score (nSPS) is 10.6. The number of nitrogens with one attached hydrogen (secondary N) is 1. The van der Waals surface area contributed by atoms with Crippen LogP contribution in [0.15, 0.2) is 59.2 Å². The van der Waals surface area contributed by atoms with Gasteiger partial charge < -0.3 is 5.32 Å². The van der Waals surface area contributed by atoms with Crippen molar-refractivity contribution in [3.05, 3.63) is 80.4 Å². The third kappa shape index (κ3) is 3.98. The number of hydrogen-bond acceptors (Lipinski definition) is 2. The zero-order valence-corrected chi connectivity index (χ0v) is 15.4. The third-order valence-electron chi connectivity index (χ3n) is 3.33. The van der Waals surface area contributed by atoms with Gasteiger partial charge in [-0.05, 0) is 45.8 Å². The van der Waals surface area contributed by atoms with Crippen LogP contribution in [0.1, 0.15) is 15.9 Å². The predicted molar refractivity (Wildman–Crippen MR) is 99.9 cm³/mol. The summed E-state index contributed by atoms with van der Waals surface area (Å²) in [4.78, 5) is 12.3. The molecule has 2 aromatic carbocycles. The summed E-state index contributed by atoms with van der Waals surface area (Å²) in [5.41, 5.74) is 1.54. The van der Waals surface area contributed by atoms with E-state index < -0.39 is 0 Å². The molecule has 4 nitrogen and oxygen atoms in total. The Morgan fingerprint density at radius 3 is 2.54 bits per heavy atom. The standard InChI is InChI=1S/C17H12BrCl2N3O/c18-14-4-2-1-3-13(14)17(24)21-16-15(20)10-23(22-16)9-11-5-7-12(19)8-6-11/h1-8,10H,9H2,(H,21,22,24). The number of aromatic nitrogens is 2. The van der Waals surface area contributed by atoms with Gasteiger partial charge in [-0.3, -0.25) is 9.48 Å². The Bertz CT molecular complexity index is 878. The number of carbonyl (C=O) groups excluding carboxylic acids is 1. The minimum absolute atomic E-state index is 0.277. The summed E-state index contributed by atoms with van der Waals surface area (Å²) in [6, 6.07) is 14.6. The van der Waals surface area contributed by atoms with Gasteiger partial charge in [0.15, 0.2) is 5.82 Å². The third-order valence-corrected chi connectivity index (χ3v) is 4.55. The van der Waals surface area contributed by atoms with Crippen LogP contribution in [-0.4, -0.2) is 15.7 Å². The average Bonchev–Trinajstić information content (AvgIpc) is 2.89. The van der Waals surface area contributed by atoms with E-state index in [9.17, 15) is 4.79 Å². The van der Waals surface area contributed by atoms with E-state index in [0.29, 0.717) is 32.4 Å². The Labute approximate surface area is 157 Å². The fraction of sp³-hybridized carbons (Fsp3) is 0.0588. The Kier molecular flexibility index (Phi) is 5.23. The van der Waals surface area contributed by atoms with Crippen molar-refractivity contribution in [2.45, 2.75) is 6.54 Å². The number of carbonyl (C=O) groups is 1. The van der Waals surface area contributed by atoms with Crippen molar-refractivity contribution >= 4 is 50.9 Å². The van der Waals surface area contributed by atoms with Gasteiger partial charge in [-0.2, -0.15) is 5.10 Å². The van der Waals surface area contributed by atoms with E-state index in [1.807, 2.05) is 30.3 Å². The zero-order chi connectivity index (χ0) is 17.1. The van der Waals surface area contributed by atoms with Gasteiger partial charge >= 0.3 is 0 Å². The van der Waals surface area contributed by atoms with Crippen molar-refractivity contribution in [2.75, 3.05) is 5.32 Å². The summed E-state index contributed by atoms with van der Waals surface area (Å²) < 4.78 is 2.38. The highest BCUT2D eigenvalue weighted by molar-refractivity contribution is 9.10. The minimum atomic E-state index is -0.277. The van der Waals surface area contributed by atoms with Gasteiger partial charge in [0.2, 0.25) is 0 Å². The van der Waals surface area contributed by atoms with Crippen LogP contribution in [0.2, 0.25) is 10.0 Å². The lowest BCUT2D eigenvalue weighted by Crippen LogP contribution is -2.13. The first-order chi connectivity index (χ1) is 11.5. The maximum atomic E-state index is 12.3. The highest BCUT2D eigenvalue weighted by Crippen LogP contribution is 2.23. The maximum absolute atomic E-state index is 12.3. The van der Waals surface area contributed by atoms with E-state index in [1.54, 1.807) is 29.1 Å². The molecule has 0 atom stereocenters. The van der Waals surface area contributed by atoms with Gasteiger partial charge in [-0.15, -0.1) is 0 Å².